The standard InChI is InChI=1S/C20H23N3O3/c1-26-20-17(10-5-11-21-20)19(25)22-13-14-6-4-9-16(12-14)23-18(24)15-7-2-3-8-15/h4-6,9-12,15H,2-3,7-8,13H2,1H3,(H,22,25)(H,23,24). The number of aromatic nitrogens is 1. The molecule has 6 heteroatoms. The summed E-state index contributed by atoms with van der Waals surface area (Å²) in [6, 6.07) is 10.9. The molecule has 26 heavy (non-hydrogen) atoms. The zero-order valence-electron chi connectivity index (χ0n) is 14.8. The lowest BCUT2D eigenvalue weighted by Gasteiger charge is -2.12. The predicted octanol–water partition coefficient (Wildman–Crippen LogP) is 3.15. The molecule has 2 amide bonds. The number of rotatable bonds is 6. The van der Waals surface area contributed by atoms with Crippen molar-refractivity contribution in [2.24, 2.45) is 5.92 Å². The van der Waals surface area contributed by atoms with Crippen molar-refractivity contribution in [2.45, 2.75) is 32.2 Å². The summed E-state index contributed by atoms with van der Waals surface area (Å²) in [5.41, 5.74) is 2.05. The molecule has 2 N–H and O–H groups in total. The third kappa shape index (κ3) is 4.39. The maximum atomic E-state index is 12.3. The molecule has 0 radical (unpaired) electrons. The van der Waals surface area contributed by atoms with Crippen molar-refractivity contribution >= 4 is 17.5 Å². The van der Waals surface area contributed by atoms with Crippen LogP contribution in [0.1, 0.15) is 41.6 Å². The minimum absolute atomic E-state index is 0.0868. The molecule has 1 saturated carbocycles. The summed E-state index contributed by atoms with van der Waals surface area (Å²) in [4.78, 5) is 28.6. The van der Waals surface area contributed by atoms with Gasteiger partial charge < -0.3 is 15.4 Å². The van der Waals surface area contributed by atoms with E-state index in [0.717, 1.165) is 36.9 Å². The maximum Gasteiger partial charge on any atom is 0.257 e. The SMILES string of the molecule is COc1ncccc1C(=O)NCc1cccc(NC(=O)C2CCCC2)c1. The van der Waals surface area contributed by atoms with Crippen molar-refractivity contribution in [3.05, 3.63) is 53.7 Å². The number of hydrogen-bond donors (Lipinski definition) is 2. The highest BCUT2D eigenvalue weighted by Crippen LogP contribution is 2.26. The van der Waals surface area contributed by atoms with E-state index in [4.69, 9.17) is 4.74 Å². The molecule has 1 aliphatic carbocycles. The van der Waals surface area contributed by atoms with Crippen molar-refractivity contribution in [1.29, 1.82) is 0 Å². The first-order valence-electron chi connectivity index (χ1n) is 8.84. The van der Waals surface area contributed by atoms with Gasteiger partial charge in [0.05, 0.1) is 7.11 Å². The van der Waals surface area contributed by atoms with E-state index in [1.165, 1.54) is 7.11 Å². The Kier molecular flexibility index (Phi) is 5.84. The van der Waals surface area contributed by atoms with Gasteiger partial charge in [0.2, 0.25) is 11.8 Å². The van der Waals surface area contributed by atoms with Crippen LogP contribution in [0.25, 0.3) is 0 Å². The summed E-state index contributed by atoms with van der Waals surface area (Å²) in [6.07, 6.45) is 5.76. The highest BCUT2D eigenvalue weighted by Gasteiger charge is 2.22. The van der Waals surface area contributed by atoms with Crippen LogP contribution in [0.3, 0.4) is 0 Å². The van der Waals surface area contributed by atoms with E-state index in [1.807, 2.05) is 24.3 Å². The van der Waals surface area contributed by atoms with Crippen LogP contribution in [0.15, 0.2) is 42.6 Å². The van der Waals surface area contributed by atoms with Gasteiger partial charge in [0, 0.05) is 24.3 Å². The number of carbonyl (C=O) groups excluding carboxylic acids is 2. The molecule has 0 aliphatic heterocycles. The molecule has 1 aliphatic rings. The van der Waals surface area contributed by atoms with Gasteiger partial charge in [0.25, 0.3) is 5.91 Å². The second-order valence-electron chi connectivity index (χ2n) is 6.41. The van der Waals surface area contributed by atoms with Crippen LogP contribution in [0.2, 0.25) is 0 Å². The highest BCUT2D eigenvalue weighted by atomic mass is 16.5. The van der Waals surface area contributed by atoms with E-state index in [-0.39, 0.29) is 17.7 Å². The summed E-state index contributed by atoms with van der Waals surface area (Å²) < 4.78 is 5.11. The van der Waals surface area contributed by atoms with Crippen LogP contribution in [-0.4, -0.2) is 23.9 Å². The van der Waals surface area contributed by atoms with Gasteiger partial charge in [0.1, 0.15) is 5.56 Å². The molecule has 1 fully saturated rings. The van der Waals surface area contributed by atoms with Crippen molar-refractivity contribution in [3.63, 3.8) is 0 Å². The summed E-state index contributed by atoms with van der Waals surface area (Å²) in [5, 5.41) is 5.83. The fourth-order valence-corrected chi connectivity index (χ4v) is 3.20. The van der Waals surface area contributed by atoms with Crippen molar-refractivity contribution in [3.8, 4) is 5.88 Å². The topological polar surface area (TPSA) is 80.3 Å². The average Bonchev–Trinajstić information content (AvgIpc) is 3.21. The Morgan fingerprint density at radius 1 is 1.19 bits per heavy atom. The van der Waals surface area contributed by atoms with E-state index in [9.17, 15) is 9.59 Å². The minimum atomic E-state index is -0.254. The predicted molar refractivity (Wildman–Crippen MR) is 99.0 cm³/mol. The Bertz CT molecular complexity index is 785. The number of nitrogens with one attached hydrogen (secondary N) is 2. The van der Waals surface area contributed by atoms with Crippen molar-refractivity contribution in [1.82, 2.24) is 10.3 Å². The lowest BCUT2D eigenvalue weighted by molar-refractivity contribution is -0.119. The van der Waals surface area contributed by atoms with Crippen LogP contribution in [-0.2, 0) is 11.3 Å². The molecule has 2 aromatic rings. The summed E-state index contributed by atoms with van der Waals surface area (Å²) in [6.45, 7) is 0.351. The van der Waals surface area contributed by atoms with E-state index in [1.54, 1.807) is 18.3 Å². The number of hydrogen-bond acceptors (Lipinski definition) is 4. The lowest BCUT2D eigenvalue weighted by Crippen LogP contribution is -2.24. The Labute approximate surface area is 153 Å². The Morgan fingerprint density at radius 2 is 2.00 bits per heavy atom. The van der Waals surface area contributed by atoms with Crippen LogP contribution in [0, 0.1) is 5.92 Å². The number of amides is 2. The van der Waals surface area contributed by atoms with Gasteiger partial charge in [-0.25, -0.2) is 4.98 Å². The molecule has 0 unspecified atom stereocenters. The van der Waals surface area contributed by atoms with Gasteiger partial charge in [-0.1, -0.05) is 25.0 Å². The quantitative estimate of drug-likeness (QED) is 0.836. The second-order valence-corrected chi connectivity index (χ2v) is 6.41. The first-order valence-corrected chi connectivity index (χ1v) is 8.84. The van der Waals surface area contributed by atoms with Crippen LogP contribution in [0.5, 0.6) is 5.88 Å². The first-order chi connectivity index (χ1) is 12.7. The van der Waals surface area contributed by atoms with Crippen molar-refractivity contribution < 1.29 is 14.3 Å². The van der Waals surface area contributed by atoms with Crippen LogP contribution in [0.4, 0.5) is 5.69 Å². The molecule has 6 nitrogen and oxygen atoms in total. The molecule has 1 heterocycles. The first kappa shape index (κ1) is 17.9. The molecule has 0 saturated heterocycles. The van der Waals surface area contributed by atoms with Gasteiger partial charge in [-0.15, -0.1) is 0 Å². The summed E-state index contributed by atoms with van der Waals surface area (Å²) >= 11 is 0. The number of pyridine rings is 1. The number of nitrogens with zero attached hydrogens (tertiary/aromatic N) is 1. The fraction of sp³-hybridized carbons (Fsp3) is 0.350. The van der Waals surface area contributed by atoms with Gasteiger partial charge in [0.15, 0.2) is 0 Å². The number of carbonyl (C=O) groups is 2. The monoisotopic (exact) mass is 353 g/mol. The molecule has 0 bridgehead atoms. The van der Waals surface area contributed by atoms with Gasteiger partial charge in [-0.2, -0.15) is 0 Å². The average molecular weight is 353 g/mol. The smallest absolute Gasteiger partial charge is 0.257 e. The van der Waals surface area contributed by atoms with Gasteiger partial charge >= 0.3 is 0 Å². The normalized spacial score (nSPS) is 14.0. The Balaban J connectivity index is 1.60. The number of ether oxygens (including phenoxy) is 1. The van der Waals surface area contributed by atoms with E-state index in [0.29, 0.717) is 18.0 Å². The molecule has 0 atom stereocenters. The molecule has 1 aromatic carbocycles. The Hall–Kier alpha value is -2.89. The van der Waals surface area contributed by atoms with Crippen LogP contribution >= 0.6 is 0 Å². The summed E-state index contributed by atoms with van der Waals surface area (Å²) in [5.74, 6) is 0.248. The molecule has 0 spiro atoms. The molecule has 3 rings (SSSR count). The maximum absolute atomic E-state index is 12.3. The van der Waals surface area contributed by atoms with E-state index < -0.39 is 0 Å². The zero-order valence-corrected chi connectivity index (χ0v) is 14.8. The van der Waals surface area contributed by atoms with E-state index in [2.05, 4.69) is 15.6 Å². The fourth-order valence-electron chi connectivity index (χ4n) is 3.20. The molecular weight excluding hydrogens is 330 g/mol. The number of methoxy groups -OCH3 is 1. The third-order valence-electron chi connectivity index (χ3n) is 4.58. The van der Waals surface area contributed by atoms with Gasteiger partial charge in [-0.3, -0.25) is 9.59 Å². The van der Waals surface area contributed by atoms with Crippen molar-refractivity contribution in [2.75, 3.05) is 12.4 Å². The molecular formula is C20H23N3O3. The Morgan fingerprint density at radius 3 is 2.77 bits per heavy atom. The molecule has 136 valence electrons. The lowest BCUT2D eigenvalue weighted by atomic mass is 10.1. The molecule has 1 aromatic heterocycles. The van der Waals surface area contributed by atoms with E-state index >= 15 is 0 Å². The second kappa shape index (κ2) is 8.47. The number of anilines is 1. The zero-order chi connectivity index (χ0) is 18.4. The largest absolute Gasteiger partial charge is 0.480 e. The third-order valence-corrected chi connectivity index (χ3v) is 4.58. The number of benzene rings is 1. The summed E-state index contributed by atoms with van der Waals surface area (Å²) in [7, 11) is 1.48. The van der Waals surface area contributed by atoms with Crippen LogP contribution < -0.4 is 15.4 Å². The van der Waals surface area contributed by atoms with Gasteiger partial charge in [-0.05, 0) is 42.7 Å². The minimum Gasteiger partial charge on any atom is -0.480 e. The highest BCUT2D eigenvalue weighted by molar-refractivity contribution is 5.96.